The van der Waals surface area contributed by atoms with Crippen molar-refractivity contribution in [2.75, 3.05) is 13.6 Å². The summed E-state index contributed by atoms with van der Waals surface area (Å²) in [7, 11) is -2.35. The molecule has 0 aliphatic rings. The van der Waals surface area contributed by atoms with Crippen molar-refractivity contribution in [1.82, 2.24) is 4.31 Å². The van der Waals surface area contributed by atoms with E-state index in [1.54, 1.807) is 0 Å². The molecule has 2 N–H and O–H groups in total. The van der Waals surface area contributed by atoms with Crippen LogP contribution in [0.4, 0.5) is 5.69 Å². The molecule has 2 rings (SSSR count). The number of likely N-dealkylation sites (N-methyl/N-ethyl adjacent to an activating group) is 1. The molecule has 2 aromatic carbocycles. The van der Waals surface area contributed by atoms with Gasteiger partial charge in [0, 0.05) is 36.2 Å². The molecule has 0 saturated heterocycles. The summed E-state index contributed by atoms with van der Waals surface area (Å²) in [5, 5.41) is 10.7. The molecule has 0 aromatic heterocycles. The smallest absolute Gasteiger partial charge is 0.269 e. The molecule has 0 saturated carbocycles. The van der Waals surface area contributed by atoms with Crippen LogP contribution in [0.25, 0.3) is 0 Å². The molecular weight excluding hydrogens is 398 g/mol. The van der Waals surface area contributed by atoms with Crippen LogP contribution in [0.2, 0.25) is 0 Å². The molecule has 0 aliphatic heterocycles. The second kappa shape index (κ2) is 7.39. The van der Waals surface area contributed by atoms with Crippen molar-refractivity contribution in [1.29, 1.82) is 0 Å². The summed E-state index contributed by atoms with van der Waals surface area (Å²) < 4.78 is 27.1. The zero-order chi connectivity index (χ0) is 17.9. The molecule has 0 amide bonds. The van der Waals surface area contributed by atoms with Gasteiger partial charge in [0.1, 0.15) is 0 Å². The van der Waals surface area contributed by atoms with Gasteiger partial charge in [0.15, 0.2) is 0 Å². The van der Waals surface area contributed by atoms with Gasteiger partial charge >= 0.3 is 0 Å². The number of nitro benzene ring substituents is 1. The van der Waals surface area contributed by atoms with Crippen LogP contribution in [0, 0.1) is 10.1 Å². The van der Waals surface area contributed by atoms with E-state index >= 15 is 0 Å². The number of hydrogen-bond acceptors (Lipinski definition) is 5. The maximum absolute atomic E-state index is 12.5. The molecule has 24 heavy (non-hydrogen) atoms. The third-order valence-electron chi connectivity index (χ3n) is 3.49. The van der Waals surface area contributed by atoms with Gasteiger partial charge in [-0.3, -0.25) is 10.1 Å². The first kappa shape index (κ1) is 18.5. The minimum absolute atomic E-state index is 0.0166. The maximum atomic E-state index is 12.5. The Bertz CT molecular complexity index is 840. The third kappa shape index (κ3) is 4.18. The van der Waals surface area contributed by atoms with Crippen LogP contribution in [0.5, 0.6) is 0 Å². The molecule has 0 bridgehead atoms. The number of benzene rings is 2. The Labute approximate surface area is 148 Å². The van der Waals surface area contributed by atoms with Gasteiger partial charge < -0.3 is 5.73 Å². The quantitative estimate of drug-likeness (QED) is 0.578. The number of nitrogens with zero attached hydrogens (tertiary/aromatic N) is 2. The lowest BCUT2D eigenvalue weighted by molar-refractivity contribution is -0.384. The van der Waals surface area contributed by atoms with Crippen molar-refractivity contribution in [2.45, 2.75) is 10.9 Å². The third-order valence-corrected chi connectivity index (χ3v) is 5.82. The van der Waals surface area contributed by atoms with Crippen molar-refractivity contribution >= 4 is 31.6 Å². The average molecular weight is 414 g/mol. The molecule has 9 heteroatoms. The number of halogens is 1. The molecule has 0 fully saturated rings. The Morgan fingerprint density at radius 1 is 1.25 bits per heavy atom. The van der Waals surface area contributed by atoms with Crippen LogP contribution < -0.4 is 5.73 Å². The van der Waals surface area contributed by atoms with E-state index < -0.39 is 21.0 Å². The first-order valence-corrected chi connectivity index (χ1v) is 9.17. The molecule has 0 spiro atoms. The Hall–Kier alpha value is -1.81. The van der Waals surface area contributed by atoms with Gasteiger partial charge in [-0.1, -0.05) is 28.1 Å². The monoisotopic (exact) mass is 413 g/mol. The van der Waals surface area contributed by atoms with Gasteiger partial charge in [-0.2, -0.15) is 4.31 Å². The molecule has 1 atom stereocenters. The highest BCUT2D eigenvalue weighted by Gasteiger charge is 2.24. The maximum Gasteiger partial charge on any atom is 0.269 e. The lowest BCUT2D eigenvalue weighted by Crippen LogP contribution is -2.34. The van der Waals surface area contributed by atoms with Crippen LogP contribution in [-0.4, -0.2) is 31.2 Å². The van der Waals surface area contributed by atoms with Gasteiger partial charge in [0.05, 0.1) is 9.82 Å². The number of rotatable bonds is 6. The first-order valence-electron chi connectivity index (χ1n) is 6.93. The molecule has 0 aliphatic carbocycles. The van der Waals surface area contributed by atoms with E-state index in [9.17, 15) is 18.5 Å². The standard InChI is InChI=1S/C15H16BrN3O4S/c1-18(10-15(17)11-3-2-4-12(16)9-11)24(22,23)14-7-5-13(6-8-14)19(20)21/h2-9,15H,10,17H2,1H3. The summed E-state index contributed by atoms with van der Waals surface area (Å²) in [5.74, 6) is 0. The Kier molecular flexibility index (Phi) is 5.70. The number of hydrogen-bond donors (Lipinski definition) is 1. The van der Waals surface area contributed by atoms with Crippen LogP contribution in [0.3, 0.4) is 0 Å². The summed E-state index contributed by atoms with van der Waals surface area (Å²) in [5.41, 5.74) is 6.72. The zero-order valence-electron chi connectivity index (χ0n) is 12.8. The molecule has 2 aromatic rings. The lowest BCUT2D eigenvalue weighted by atomic mass is 10.1. The lowest BCUT2D eigenvalue weighted by Gasteiger charge is -2.21. The fourth-order valence-corrected chi connectivity index (χ4v) is 3.75. The van der Waals surface area contributed by atoms with E-state index in [4.69, 9.17) is 5.73 Å². The fraction of sp³-hybridized carbons (Fsp3) is 0.200. The highest BCUT2D eigenvalue weighted by Crippen LogP contribution is 2.22. The Morgan fingerprint density at radius 2 is 1.88 bits per heavy atom. The van der Waals surface area contributed by atoms with Gasteiger partial charge in [0.2, 0.25) is 10.0 Å². The predicted octanol–water partition coefficient (Wildman–Crippen LogP) is 2.68. The van der Waals surface area contributed by atoms with E-state index in [0.717, 1.165) is 26.5 Å². The zero-order valence-corrected chi connectivity index (χ0v) is 15.2. The van der Waals surface area contributed by atoms with Crippen molar-refractivity contribution < 1.29 is 13.3 Å². The van der Waals surface area contributed by atoms with E-state index in [1.165, 1.54) is 19.2 Å². The first-order chi connectivity index (χ1) is 11.2. The Morgan fingerprint density at radius 3 is 2.42 bits per heavy atom. The molecule has 0 heterocycles. The number of non-ortho nitro benzene ring substituents is 1. The van der Waals surface area contributed by atoms with Crippen molar-refractivity contribution in [3.05, 3.63) is 68.7 Å². The Balaban J connectivity index is 2.18. The van der Waals surface area contributed by atoms with Crippen molar-refractivity contribution in [2.24, 2.45) is 5.73 Å². The van der Waals surface area contributed by atoms with E-state index in [0.29, 0.717) is 0 Å². The number of nitro groups is 1. The summed E-state index contributed by atoms with van der Waals surface area (Å²) in [4.78, 5) is 10.1. The minimum Gasteiger partial charge on any atom is -0.323 e. The topological polar surface area (TPSA) is 107 Å². The van der Waals surface area contributed by atoms with Gasteiger partial charge in [-0.25, -0.2) is 8.42 Å². The van der Waals surface area contributed by atoms with Crippen LogP contribution in [-0.2, 0) is 10.0 Å². The number of nitrogens with two attached hydrogens (primary N) is 1. The second-order valence-corrected chi connectivity index (χ2v) is 8.16. The highest BCUT2D eigenvalue weighted by molar-refractivity contribution is 9.10. The average Bonchev–Trinajstić information content (AvgIpc) is 2.54. The molecule has 7 nitrogen and oxygen atoms in total. The van der Waals surface area contributed by atoms with Gasteiger partial charge in [-0.15, -0.1) is 0 Å². The predicted molar refractivity (Wildman–Crippen MR) is 94.0 cm³/mol. The largest absolute Gasteiger partial charge is 0.323 e. The molecule has 128 valence electrons. The SMILES string of the molecule is CN(CC(N)c1cccc(Br)c1)S(=O)(=O)c1ccc([N+](=O)[O-])cc1. The molecular formula is C15H16BrN3O4S. The molecule has 1 unspecified atom stereocenters. The number of sulfonamides is 1. The summed E-state index contributed by atoms with van der Waals surface area (Å²) >= 11 is 3.35. The normalized spacial score (nSPS) is 13.0. The van der Waals surface area contributed by atoms with E-state index in [1.807, 2.05) is 24.3 Å². The highest BCUT2D eigenvalue weighted by atomic mass is 79.9. The minimum atomic E-state index is -3.78. The van der Waals surface area contributed by atoms with Crippen LogP contribution in [0.1, 0.15) is 11.6 Å². The van der Waals surface area contributed by atoms with Crippen LogP contribution >= 0.6 is 15.9 Å². The summed E-state index contributed by atoms with van der Waals surface area (Å²) in [6, 6.07) is 11.6. The van der Waals surface area contributed by atoms with Gasteiger partial charge in [0.25, 0.3) is 5.69 Å². The summed E-state index contributed by atoms with van der Waals surface area (Å²) in [6.45, 7) is 0.0791. The van der Waals surface area contributed by atoms with Crippen LogP contribution in [0.15, 0.2) is 57.9 Å². The van der Waals surface area contributed by atoms with Crippen molar-refractivity contribution in [3.8, 4) is 0 Å². The van der Waals surface area contributed by atoms with E-state index in [-0.39, 0.29) is 17.1 Å². The fourth-order valence-electron chi connectivity index (χ4n) is 2.14. The van der Waals surface area contributed by atoms with Crippen molar-refractivity contribution in [3.63, 3.8) is 0 Å². The van der Waals surface area contributed by atoms with E-state index in [2.05, 4.69) is 15.9 Å². The second-order valence-electron chi connectivity index (χ2n) is 5.20. The van der Waals surface area contributed by atoms with Gasteiger partial charge in [-0.05, 0) is 29.8 Å². The molecule has 0 radical (unpaired) electrons. The summed E-state index contributed by atoms with van der Waals surface area (Å²) in [6.07, 6.45) is 0.